The minimum Gasteiger partial charge on any atom is -0.450 e. The zero-order valence-electron chi connectivity index (χ0n) is 22.3. The van der Waals surface area contributed by atoms with Crippen molar-refractivity contribution in [3.05, 3.63) is 81.6 Å². The number of H-pyrrole nitrogens is 1. The summed E-state index contributed by atoms with van der Waals surface area (Å²) in [5.41, 5.74) is 2.30. The number of rotatable bonds is 9. The summed E-state index contributed by atoms with van der Waals surface area (Å²) in [6, 6.07) is 15.4. The number of fused-ring (bicyclic) bond motifs is 1. The highest BCUT2D eigenvalue weighted by atomic mass is 16.6. The molecule has 1 aliphatic heterocycles. The van der Waals surface area contributed by atoms with Gasteiger partial charge >= 0.3 is 6.09 Å². The molecule has 0 aliphatic carbocycles. The molecule has 0 saturated carbocycles. The molecule has 10 nitrogen and oxygen atoms in total. The van der Waals surface area contributed by atoms with Crippen LogP contribution in [0.2, 0.25) is 0 Å². The maximum absolute atomic E-state index is 13.5. The number of carbonyl (C=O) groups excluding carboxylic acids is 3. The van der Waals surface area contributed by atoms with E-state index in [0.717, 1.165) is 11.1 Å². The number of aromatic nitrogens is 1. The second kappa shape index (κ2) is 13.1. The predicted molar refractivity (Wildman–Crippen MR) is 146 cm³/mol. The van der Waals surface area contributed by atoms with Gasteiger partial charge in [0.1, 0.15) is 11.7 Å². The number of aromatic amines is 1. The Hall–Kier alpha value is -4.18. The number of hydrogen-bond acceptors (Lipinski definition) is 6. The summed E-state index contributed by atoms with van der Waals surface area (Å²) in [6.45, 7) is 5.87. The molecule has 1 saturated heterocycles. The first-order chi connectivity index (χ1) is 18.9. The number of hydrogen-bond donors (Lipinski definition) is 2. The fourth-order valence-electron chi connectivity index (χ4n) is 4.49. The van der Waals surface area contributed by atoms with Gasteiger partial charge in [-0.25, -0.2) is 4.79 Å². The molecule has 1 fully saturated rings. The van der Waals surface area contributed by atoms with Crippen molar-refractivity contribution in [3.8, 4) is 0 Å². The van der Waals surface area contributed by atoms with Crippen molar-refractivity contribution in [2.75, 3.05) is 39.4 Å². The van der Waals surface area contributed by atoms with Gasteiger partial charge in [-0.3, -0.25) is 14.4 Å². The van der Waals surface area contributed by atoms with Crippen LogP contribution in [-0.4, -0.2) is 78.1 Å². The topological polar surface area (TPSA) is 121 Å². The van der Waals surface area contributed by atoms with E-state index in [1.165, 1.54) is 6.07 Å². The number of piperazine rings is 1. The standard InChI is InChI=1S/C29H34N4O6/c1-3-39-29(37)33-14-12-32(13-15-33)28(36)23(11-16-38-19-21-7-5-4-6-8-21)31-27(35)25-18-26(34)22-10-9-20(2)17-24(22)30-25/h4-10,17-18,23H,3,11-16,19H2,1-2H3,(H,30,34)(H,31,35). The Bertz CT molecular complexity index is 1370. The van der Waals surface area contributed by atoms with Crippen LogP contribution in [-0.2, 0) is 20.9 Å². The van der Waals surface area contributed by atoms with Crippen LogP contribution in [0.25, 0.3) is 10.9 Å². The predicted octanol–water partition coefficient (Wildman–Crippen LogP) is 2.84. The highest BCUT2D eigenvalue weighted by Crippen LogP contribution is 2.13. The average molecular weight is 535 g/mol. The number of carbonyl (C=O) groups is 3. The van der Waals surface area contributed by atoms with Crippen LogP contribution >= 0.6 is 0 Å². The molecular weight excluding hydrogens is 500 g/mol. The fourth-order valence-corrected chi connectivity index (χ4v) is 4.49. The molecule has 2 heterocycles. The Kier molecular flexibility index (Phi) is 9.32. The molecule has 10 heteroatoms. The second-order valence-corrected chi connectivity index (χ2v) is 9.46. The lowest BCUT2D eigenvalue weighted by atomic mass is 10.1. The Morgan fingerprint density at radius 3 is 2.44 bits per heavy atom. The minimum atomic E-state index is -0.876. The van der Waals surface area contributed by atoms with E-state index in [9.17, 15) is 19.2 Å². The lowest BCUT2D eigenvalue weighted by Crippen LogP contribution is -2.56. The summed E-state index contributed by atoms with van der Waals surface area (Å²) in [4.78, 5) is 57.6. The van der Waals surface area contributed by atoms with E-state index < -0.39 is 18.0 Å². The normalized spacial score (nSPS) is 14.2. The van der Waals surface area contributed by atoms with E-state index in [4.69, 9.17) is 9.47 Å². The lowest BCUT2D eigenvalue weighted by Gasteiger charge is -2.36. The first-order valence-corrected chi connectivity index (χ1v) is 13.1. The molecular formula is C29H34N4O6. The van der Waals surface area contributed by atoms with Crippen LogP contribution in [0.1, 0.15) is 35.0 Å². The third-order valence-electron chi connectivity index (χ3n) is 6.61. The molecule has 3 amide bonds. The molecule has 1 unspecified atom stereocenters. The van der Waals surface area contributed by atoms with Gasteiger partial charge in [-0.05, 0) is 43.5 Å². The van der Waals surface area contributed by atoms with Gasteiger partial charge < -0.3 is 29.6 Å². The largest absolute Gasteiger partial charge is 0.450 e. The van der Waals surface area contributed by atoms with Crippen LogP contribution < -0.4 is 10.7 Å². The first kappa shape index (κ1) is 27.8. The minimum absolute atomic E-state index is 0.0771. The molecule has 1 aromatic heterocycles. The van der Waals surface area contributed by atoms with E-state index in [1.807, 2.05) is 43.3 Å². The third kappa shape index (κ3) is 7.23. The van der Waals surface area contributed by atoms with Gasteiger partial charge in [0.05, 0.1) is 18.7 Å². The summed E-state index contributed by atoms with van der Waals surface area (Å²) in [5, 5.41) is 3.29. The van der Waals surface area contributed by atoms with Crippen LogP contribution in [0.4, 0.5) is 4.79 Å². The van der Waals surface area contributed by atoms with E-state index in [0.29, 0.717) is 43.7 Å². The summed E-state index contributed by atoms with van der Waals surface area (Å²) in [7, 11) is 0. The summed E-state index contributed by atoms with van der Waals surface area (Å²) in [5.74, 6) is -0.823. The number of amides is 3. The number of aryl methyl sites for hydroxylation is 1. The third-order valence-corrected chi connectivity index (χ3v) is 6.61. The molecule has 0 radical (unpaired) electrons. The molecule has 1 atom stereocenters. The molecule has 2 aromatic carbocycles. The molecule has 4 rings (SSSR count). The molecule has 0 bridgehead atoms. The summed E-state index contributed by atoms with van der Waals surface area (Å²) >= 11 is 0. The molecule has 2 N–H and O–H groups in total. The molecule has 39 heavy (non-hydrogen) atoms. The average Bonchev–Trinajstić information content (AvgIpc) is 2.94. The van der Waals surface area contributed by atoms with Crippen molar-refractivity contribution in [1.82, 2.24) is 20.1 Å². The maximum atomic E-state index is 13.5. The van der Waals surface area contributed by atoms with E-state index in [-0.39, 0.29) is 36.7 Å². The highest BCUT2D eigenvalue weighted by Gasteiger charge is 2.30. The van der Waals surface area contributed by atoms with Crippen molar-refractivity contribution in [2.24, 2.45) is 0 Å². The number of ether oxygens (including phenoxy) is 2. The van der Waals surface area contributed by atoms with E-state index in [1.54, 1.807) is 28.9 Å². The Balaban J connectivity index is 1.45. The summed E-state index contributed by atoms with van der Waals surface area (Å²) < 4.78 is 10.8. The van der Waals surface area contributed by atoms with Gasteiger partial charge in [-0.2, -0.15) is 0 Å². The van der Waals surface area contributed by atoms with Gasteiger partial charge in [0.25, 0.3) is 5.91 Å². The van der Waals surface area contributed by atoms with Gasteiger partial charge in [-0.1, -0.05) is 36.4 Å². The first-order valence-electron chi connectivity index (χ1n) is 13.1. The van der Waals surface area contributed by atoms with Crippen LogP contribution in [0.15, 0.2) is 59.4 Å². The van der Waals surface area contributed by atoms with Crippen LogP contribution in [0.5, 0.6) is 0 Å². The lowest BCUT2D eigenvalue weighted by molar-refractivity contribution is -0.135. The summed E-state index contributed by atoms with van der Waals surface area (Å²) in [6.07, 6.45) is -0.161. The highest BCUT2D eigenvalue weighted by molar-refractivity contribution is 5.97. The number of pyridine rings is 1. The van der Waals surface area contributed by atoms with Gasteiger partial charge in [0.15, 0.2) is 5.43 Å². The quantitative estimate of drug-likeness (QED) is 0.407. The number of nitrogens with zero attached hydrogens (tertiary/aromatic N) is 2. The molecule has 206 valence electrons. The molecule has 0 spiro atoms. The van der Waals surface area contributed by atoms with Crippen LogP contribution in [0.3, 0.4) is 0 Å². The second-order valence-electron chi connectivity index (χ2n) is 9.46. The zero-order chi connectivity index (χ0) is 27.8. The number of benzene rings is 2. The van der Waals surface area contributed by atoms with Crippen LogP contribution in [0, 0.1) is 6.92 Å². The van der Waals surface area contributed by atoms with Gasteiger partial charge in [0, 0.05) is 44.2 Å². The molecule has 3 aromatic rings. The van der Waals surface area contributed by atoms with Gasteiger partial charge in [-0.15, -0.1) is 0 Å². The zero-order valence-corrected chi connectivity index (χ0v) is 22.3. The van der Waals surface area contributed by atoms with Crippen molar-refractivity contribution >= 4 is 28.8 Å². The van der Waals surface area contributed by atoms with Crippen molar-refractivity contribution in [3.63, 3.8) is 0 Å². The molecule has 1 aliphatic rings. The monoisotopic (exact) mass is 534 g/mol. The smallest absolute Gasteiger partial charge is 0.409 e. The Morgan fingerprint density at radius 1 is 1.00 bits per heavy atom. The van der Waals surface area contributed by atoms with Gasteiger partial charge in [0.2, 0.25) is 5.91 Å². The number of nitrogens with one attached hydrogen (secondary N) is 2. The fraction of sp³-hybridized carbons (Fsp3) is 0.379. The Labute approximate surface area is 226 Å². The van der Waals surface area contributed by atoms with E-state index >= 15 is 0 Å². The van der Waals surface area contributed by atoms with Crippen molar-refractivity contribution in [1.29, 1.82) is 0 Å². The maximum Gasteiger partial charge on any atom is 0.409 e. The SMILES string of the molecule is CCOC(=O)N1CCN(C(=O)C(CCOCc2ccccc2)NC(=O)c2cc(=O)c3ccc(C)cc3[nH]2)CC1. The Morgan fingerprint density at radius 2 is 1.72 bits per heavy atom. The van der Waals surface area contributed by atoms with Crippen molar-refractivity contribution in [2.45, 2.75) is 32.9 Å². The van der Waals surface area contributed by atoms with E-state index in [2.05, 4.69) is 10.3 Å². The van der Waals surface area contributed by atoms with Crippen molar-refractivity contribution < 1.29 is 23.9 Å².